The Morgan fingerprint density at radius 2 is 2.00 bits per heavy atom. The number of pyridine rings is 1. The largest absolute Gasteiger partial charge is 0.311 e. The van der Waals surface area contributed by atoms with Crippen LogP contribution in [0.2, 0.25) is 0 Å². The Balaban J connectivity index is 1.48. The highest BCUT2D eigenvalue weighted by Gasteiger charge is 2.14. The Hall–Kier alpha value is -1.45. The van der Waals surface area contributed by atoms with E-state index in [4.69, 9.17) is 0 Å². The maximum Gasteiger partial charge on any atom is 0.0346 e. The van der Waals surface area contributed by atoms with E-state index in [1.807, 2.05) is 12.4 Å². The van der Waals surface area contributed by atoms with Crippen molar-refractivity contribution in [3.8, 4) is 0 Å². The molecule has 0 radical (unpaired) electrons. The van der Waals surface area contributed by atoms with E-state index in [1.165, 1.54) is 42.3 Å². The highest BCUT2D eigenvalue weighted by atomic mass is 15.1. The highest BCUT2D eigenvalue weighted by molar-refractivity contribution is 5.84. The van der Waals surface area contributed by atoms with Gasteiger partial charge in [0.1, 0.15) is 0 Å². The lowest BCUT2D eigenvalue weighted by molar-refractivity contribution is 0.193. The summed E-state index contributed by atoms with van der Waals surface area (Å²) in [5, 5.41) is 6.11. The minimum absolute atomic E-state index is 0.901. The van der Waals surface area contributed by atoms with Crippen LogP contribution in [0.4, 0.5) is 0 Å². The molecule has 1 saturated heterocycles. The van der Waals surface area contributed by atoms with Gasteiger partial charge in [0.2, 0.25) is 0 Å². The van der Waals surface area contributed by atoms with E-state index < -0.39 is 0 Å². The first kappa shape index (κ1) is 14.5. The number of likely N-dealkylation sites (tertiary alicyclic amines) is 1. The van der Waals surface area contributed by atoms with Crippen LogP contribution in [0.3, 0.4) is 0 Å². The molecule has 1 N–H and O–H groups in total. The van der Waals surface area contributed by atoms with Crippen molar-refractivity contribution in [2.75, 3.05) is 26.2 Å². The number of nitrogens with zero attached hydrogens (tertiary/aromatic N) is 2. The third kappa shape index (κ3) is 3.80. The Bertz CT molecular complexity index is 568. The van der Waals surface area contributed by atoms with E-state index in [0.717, 1.165) is 25.6 Å². The Labute approximate surface area is 127 Å². The molecule has 1 fully saturated rings. The van der Waals surface area contributed by atoms with Gasteiger partial charge in [-0.15, -0.1) is 0 Å². The number of rotatable bonds is 5. The van der Waals surface area contributed by atoms with Crippen molar-refractivity contribution >= 4 is 10.8 Å². The molecule has 0 aliphatic carbocycles. The van der Waals surface area contributed by atoms with Crippen LogP contribution >= 0.6 is 0 Å². The average molecular weight is 283 g/mol. The van der Waals surface area contributed by atoms with Gasteiger partial charge in [0.15, 0.2) is 0 Å². The zero-order valence-corrected chi connectivity index (χ0v) is 12.9. The number of hydrogen-bond acceptors (Lipinski definition) is 3. The normalized spacial score (nSPS) is 17.4. The maximum atomic E-state index is 4.34. The van der Waals surface area contributed by atoms with Crippen LogP contribution in [0.5, 0.6) is 0 Å². The molecule has 21 heavy (non-hydrogen) atoms. The summed E-state index contributed by atoms with van der Waals surface area (Å²) in [6, 6.07) is 8.47. The minimum Gasteiger partial charge on any atom is -0.311 e. The molecular weight excluding hydrogens is 258 g/mol. The minimum atomic E-state index is 0.901. The monoisotopic (exact) mass is 283 g/mol. The lowest BCUT2D eigenvalue weighted by Crippen LogP contribution is -2.37. The summed E-state index contributed by atoms with van der Waals surface area (Å²) >= 11 is 0. The second-order valence-corrected chi connectivity index (χ2v) is 6.22. The molecule has 1 aliphatic rings. The summed E-state index contributed by atoms with van der Waals surface area (Å²) in [6.07, 6.45) is 6.63. The summed E-state index contributed by atoms with van der Waals surface area (Å²) in [5.41, 5.74) is 1.29. The molecule has 1 aromatic carbocycles. The lowest BCUT2D eigenvalue weighted by Gasteiger charge is -2.30. The second-order valence-electron chi connectivity index (χ2n) is 6.22. The third-order valence-corrected chi connectivity index (χ3v) is 4.55. The number of nitrogens with one attached hydrogen (secondary N) is 1. The molecule has 2 heterocycles. The van der Waals surface area contributed by atoms with Gasteiger partial charge in [-0.05, 0) is 42.8 Å². The number of hydrogen-bond donors (Lipinski definition) is 1. The third-order valence-electron chi connectivity index (χ3n) is 4.55. The maximum absolute atomic E-state index is 4.34. The first-order chi connectivity index (χ1) is 10.3. The van der Waals surface area contributed by atoms with Gasteiger partial charge >= 0.3 is 0 Å². The van der Waals surface area contributed by atoms with Crippen molar-refractivity contribution in [1.29, 1.82) is 0 Å². The fraction of sp³-hybridized carbons (Fsp3) is 0.500. The Morgan fingerprint density at radius 1 is 1.19 bits per heavy atom. The number of benzene rings is 1. The van der Waals surface area contributed by atoms with E-state index in [2.05, 4.69) is 46.4 Å². The lowest BCUT2D eigenvalue weighted by atomic mass is 9.99. The first-order valence-corrected chi connectivity index (χ1v) is 8.07. The van der Waals surface area contributed by atoms with Crippen LogP contribution in [0.15, 0.2) is 36.7 Å². The topological polar surface area (TPSA) is 28.2 Å². The predicted octanol–water partition coefficient (Wildman–Crippen LogP) is 3.06. The summed E-state index contributed by atoms with van der Waals surface area (Å²) in [4.78, 5) is 6.92. The SMILES string of the molecule is CC1CCN(CCNCc2cncc3ccccc23)CC1. The standard InChI is InChI=1S/C18H25N3/c1-15-6-9-21(10-7-15)11-8-19-13-17-14-20-12-16-4-2-3-5-18(16)17/h2-5,12,14-15,19H,6-11,13H2,1H3. The van der Waals surface area contributed by atoms with Gasteiger partial charge in [-0.3, -0.25) is 4.98 Å². The van der Waals surface area contributed by atoms with Crippen molar-refractivity contribution in [3.05, 3.63) is 42.2 Å². The fourth-order valence-corrected chi connectivity index (χ4v) is 3.07. The van der Waals surface area contributed by atoms with Crippen molar-refractivity contribution in [2.45, 2.75) is 26.3 Å². The summed E-state index contributed by atoms with van der Waals surface area (Å²) in [6.45, 7) is 8.00. The number of aromatic nitrogens is 1. The summed E-state index contributed by atoms with van der Waals surface area (Å²) in [7, 11) is 0. The summed E-state index contributed by atoms with van der Waals surface area (Å²) in [5.74, 6) is 0.913. The van der Waals surface area contributed by atoms with Crippen LogP contribution in [-0.4, -0.2) is 36.1 Å². The molecule has 1 aromatic heterocycles. The first-order valence-electron chi connectivity index (χ1n) is 8.07. The van der Waals surface area contributed by atoms with Gasteiger partial charge in [0.05, 0.1) is 0 Å². The summed E-state index contributed by atoms with van der Waals surface area (Å²) < 4.78 is 0. The van der Waals surface area contributed by atoms with Crippen LogP contribution in [0, 0.1) is 5.92 Å². The molecule has 0 saturated carbocycles. The van der Waals surface area contributed by atoms with Crippen molar-refractivity contribution in [3.63, 3.8) is 0 Å². The van der Waals surface area contributed by atoms with E-state index >= 15 is 0 Å². The van der Waals surface area contributed by atoms with Crippen molar-refractivity contribution in [1.82, 2.24) is 15.2 Å². The smallest absolute Gasteiger partial charge is 0.0346 e. The molecule has 0 unspecified atom stereocenters. The molecular formula is C18H25N3. The second kappa shape index (κ2) is 7.01. The molecule has 3 heteroatoms. The molecule has 3 nitrogen and oxygen atoms in total. The van der Waals surface area contributed by atoms with Crippen LogP contribution < -0.4 is 5.32 Å². The van der Waals surface area contributed by atoms with Gasteiger partial charge in [0.25, 0.3) is 0 Å². The van der Waals surface area contributed by atoms with Gasteiger partial charge in [-0.1, -0.05) is 31.2 Å². The number of fused-ring (bicyclic) bond motifs is 1. The molecule has 1 aliphatic heterocycles. The van der Waals surface area contributed by atoms with Crippen LogP contribution in [0.25, 0.3) is 10.8 Å². The van der Waals surface area contributed by atoms with Crippen LogP contribution in [-0.2, 0) is 6.54 Å². The predicted molar refractivity (Wildman–Crippen MR) is 88.3 cm³/mol. The molecule has 0 atom stereocenters. The molecule has 0 spiro atoms. The molecule has 112 valence electrons. The molecule has 0 bridgehead atoms. The van der Waals surface area contributed by atoms with Crippen molar-refractivity contribution < 1.29 is 0 Å². The Morgan fingerprint density at radius 3 is 2.86 bits per heavy atom. The van der Waals surface area contributed by atoms with Crippen molar-refractivity contribution in [2.24, 2.45) is 5.92 Å². The molecule has 2 aromatic rings. The van der Waals surface area contributed by atoms with Gasteiger partial charge in [-0.25, -0.2) is 0 Å². The highest BCUT2D eigenvalue weighted by Crippen LogP contribution is 2.17. The molecule has 3 rings (SSSR count). The average Bonchev–Trinajstić information content (AvgIpc) is 2.53. The van der Waals surface area contributed by atoms with Gasteiger partial charge in [-0.2, -0.15) is 0 Å². The van der Waals surface area contributed by atoms with E-state index in [9.17, 15) is 0 Å². The van der Waals surface area contributed by atoms with Crippen LogP contribution in [0.1, 0.15) is 25.3 Å². The zero-order valence-electron chi connectivity index (χ0n) is 12.9. The number of piperidine rings is 1. The van der Waals surface area contributed by atoms with Gasteiger partial charge in [0, 0.05) is 37.4 Å². The Kier molecular flexibility index (Phi) is 4.84. The van der Waals surface area contributed by atoms with Gasteiger partial charge < -0.3 is 10.2 Å². The van der Waals surface area contributed by atoms with E-state index in [0.29, 0.717) is 0 Å². The molecule has 0 amide bonds. The zero-order chi connectivity index (χ0) is 14.5. The quantitative estimate of drug-likeness (QED) is 0.855. The van der Waals surface area contributed by atoms with E-state index in [-0.39, 0.29) is 0 Å². The fourth-order valence-electron chi connectivity index (χ4n) is 3.07. The van der Waals surface area contributed by atoms with E-state index in [1.54, 1.807) is 0 Å².